The highest BCUT2D eigenvalue weighted by atomic mass is 35.5. The largest absolute Gasteiger partial charge is 0.272 e. The van der Waals surface area contributed by atoms with Gasteiger partial charge in [-0.1, -0.05) is 23.4 Å². The Bertz CT molecular complexity index is 1200. The molecule has 0 atom stereocenters. The van der Waals surface area contributed by atoms with Crippen LogP contribution in [0.1, 0.15) is 18.1 Å². The SMILES string of the molecule is CCn1cc(-c2cnc3ccc(C#Cc4cc(Cl)ccc4F)cc3c2)cn1. The zero-order valence-electron chi connectivity index (χ0n) is 14.6. The number of nitrogens with zero attached hydrogens (tertiary/aromatic N) is 3. The first-order valence-corrected chi connectivity index (χ1v) is 8.90. The summed E-state index contributed by atoms with van der Waals surface area (Å²) in [6.07, 6.45) is 5.67. The van der Waals surface area contributed by atoms with Crippen LogP contribution in [-0.2, 0) is 6.54 Å². The van der Waals surface area contributed by atoms with Crippen molar-refractivity contribution in [3.8, 4) is 23.0 Å². The minimum absolute atomic E-state index is 0.279. The predicted molar refractivity (Wildman–Crippen MR) is 106 cm³/mol. The Morgan fingerprint density at radius 1 is 1.04 bits per heavy atom. The number of hydrogen-bond donors (Lipinski definition) is 0. The topological polar surface area (TPSA) is 30.7 Å². The van der Waals surface area contributed by atoms with E-state index in [2.05, 4.69) is 28.0 Å². The van der Waals surface area contributed by atoms with E-state index in [0.29, 0.717) is 5.02 Å². The summed E-state index contributed by atoms with van der Waals surface area (Å²) in [5.74, 6) is 5.46. The predicted octanol–water partition coefficient (Wildman–Crippen LogP) is 5.31. The van der Waals surface area contributed by atoms with E-state index in [9.17, 15) is 4.39 Å². The molecule has 0 aliphatic rings. The molecule has 2 aromatic carbocycles. The molecule has 5 heteroatoms. The lowest BCUT2D eigenvalue weighted by molar-refractivity contribution is 0.624. The lowest BCUT2D eigenvalue weighted by Crippen LogP contribution is -1.92. The lowest BCUT2D eigenvalue weighted by Gasteiger charge is -2.02. The first kappa shape index (κ1) is 17.3. The highest BCUT2D eigenvalue weighted by Crippen LogP contribution is 2.23. The molecule has 0 saturated heterocycles. The van der Waals surface area contributed by atoms with E-state index in [1.165, 1.54) is 18.2 Å². The quantitative estimate of drug-likeness (QED) is 0.444. The molecule has 0 N–H and O–H groups in total. The molecule has 0 unspecified atom stereocenters. The normalized spacial score (nSPS) is 10.6. The van der Waals surface area contributed by atoms with Gasteiger partial charge in [0.25, 0.3) is 0 Å². The van der Waals surface area contributed by atoms with Crippen molar-refractivity contribution in [3.63, 3.8) is 0 Å². The van der Waals surface area contributed by atoms with Crippen LogP contribution in [-0.4, -0.2) is 14.8 Å². The van der Waals surface area contributed by atoms with Crippen LogP contribution in [0.15, 0.2) is 61.1 Å². The fourth-order valence-corrected chi connectivity index (χ4v) is 2.96. The Balaban J connectivity index is 1.71. The van der Waals surface area contributed by atoms with Gasteiger partial charge in [-0.3, -0.25) is 9.67 Å². The second-order valence-electron chi connectivity index (χ2n) is 6.09. The Morgan fingerprint density at radius 2 is 1.93 bits per heavy atom. The third-order valence-electron chi connectivity index (χ3n) is 4.24. The number of halogens is 2. The van der Waals surface area contributed by atoms with Gasteiger partial charge in [0, 0.05) is 46.0 Å². The van der Waals surface area contributed by atoms with Crippen LogP contribution in [0.3, 0.4) is 0 Å². The summed E-state index contributed by atoms with van der Waals surface area (Å²) in [5, 5.41) is 5.73. The van der Waals surface area contributed by atoms with Crippen LogP contribution in [0.25, 0.3) is 22.0 Å². The fourth-order valence-electron chi connectivity index (χ4n) is 2.79. The first-order chi connectivity index (χ1) is 13.1. The highest BCUT2D eigenvalue weighted by molar-refractivity contribution is 6.30. The van der Waals surface area contributed by atoms with Crippen molar-refractivity contribution in [3.05, 3.63) is 83.0 Å². The van der Waals surface area contributed by atoms with Crippen molar-refractivity contribution in [1.82, 2.24) is 14.8 Å². The number of hydrogen-bond acceptors (Lipinski definition) is 2. The zero-order chi connectivity index (χ0) is 18.8. The summed E-state index contributed by atoms with van der Waals surface area (Å²) < 4.78 is 15.7. The second kappa shape index (κ2) is 7.22. The molecule has 2 aromatic heterocycles. The van der Waals surface area contributed by atoms with Crippen molar-refractivity contribution >= 4 is 22.5 Å². The van der Waals surface area contributed by atoms with Gasteiger partial charge in [-0.15, -0.1) is 0 Å². The Labute approximate surface area is 161 Å². The maximum Gasteiger partial charge on any atom is 0.138 e. The molecule has 27 heavy (non-hydrogen) atoms. The van der Waals surface area contributed by atoms with Gasteiger partial charge < -0.3 is 0 Å². The molecule has 0 aliphatic heterocycles. The first-order valence-electron chi connectivity index (χ1n) is 8.52. The maximum atomic E-state index is 13.8. The van der Waals surface area contributed by atoms with Gasteiger partial charge in [0.1, 0.15) is 5.82 Å². The molecule has 4 aromatic rings. The summed E-state index contributed by atoms with van der Waals surface area (Å²) in [4.78, 5) is 4.52. The standard InChI is InChI=1S/C22H15ClFN3/c1-2-27-14-19(13-26-27)18-10-17-9-15(4-8-22(17)25-12-18)3-5-16-11-20(23)6-7-21(16)24/h4,6-14H,2H2,1H3. The maximum absolute atomic E-state index is 13.8. The summed E-state index contributed by atoms with van der Waals surface area (Å²) in [6, 6.07) is 12.1. The van der Waals surface area contributed by atoms with Crippen LogP contribution in [0, 0.1) is 17.7 Å². The fraction of sp³-hybridized carbons (Fsp3) is 0.0909. The number of fused-ring (bicyclic) bond motifs is 1. The number of benzene rings is 2. The minimum atomic E-state index is -0.385. The van der Waals surface area contributed by atoms with E-state index < -0.39 is 0 Å². The van der Waals surface area contributed by atoms with E-state index in [1.54, 1.807) is 0 Å². The van der Waals surface area contributed by atoms with Crippen LogP contribution in [0.5, 0.6) is 0 Å². The van der Waals surface area contributed by atoms with Gasteiger partial charge in [-0.05, 0) is 49.4 Å². The van der Waals surface area contributed by atoms with E-state index in [0.717, 1.165) is 34.1 Å². The van der Waals surface area contributed by atoms with Gasteiger partial charge in [0.05, 0.1) is 17.3 Å². The van der Waals surface area contributed by atoms with Gasteiger partial charge in [-0.2, -0.15) is 5.10 Å². The molecule has 0 amide bonds. The molecule has 4 rings (SSSR count). The molecule has 0 bridgehead atoms. The molecule has 0 aliphatic carbocycles. The number of pyridine rings is 1. The third kappa shape index (κ3) is 3.69. The Morgan fingerprint density at radius 3 is 2.74 bits per heavy atom. The van der Waals surface area contributed by atoms with E-state index in [4.69, 9.17) is 11.6 Å². The molecular weight excluding hydrogens is 361 g/mol. The van der Waals surface area contributed by atoms with E-state index >= 15 is 0 Å². The van der Waals surface area contributed by atoms with Crippen molar-refractivity contribution in [2.45, 2.75) is 13.5 Å². The summed E-state index contributed by atoms with van der Waals surface area (Å²) >= 11 is 5.91. The molecule has 0 saturated carbocycles. The van der Waals surface area contributed by atoms with Crippen molar-refractivity contribution < 1.29 is 4.39 Å². The highest BCUT2D eigenvalue weighted by Gasteiger charge is 2.04. The molecule has 0 radical (unpaired) electrons. The average molecular weight is 376 g/mol. The van der Waals surface area contributed by atoms with Crippen molar-refractivity contribution in [2.75, 3.05) is 0 Å². The van der Waals surface area contributed by atoms with Crippen LogP contribution in [0.4, 0.5) is 4.39 Å². The Kier molecular flexibility index (Phi) is 4.62. The average Bonchev–Trinajstić information content (AvgIpc) is 3.17. The zero-order valence-corrected chi connectivity index (χ0v) is 15.3. The van der Waals surface area contributed by atoms with Crippen molar-refractivity contribution in [1.29, 1.82) is 0 Å². The van der Waals surface area contributed by atoms with E-state index in [1.807, 2.05) is 48.4 Å². The minimum Gasteiger partial charge on any atom is -0.272 e. The number of aromatic nitrogens is 3. The second-order valence-corrected chi connectivity index (χ2v) is 6.53. The lowest BCUT2D eigenvalue weighted by atomic mass is 10.1. The van der Waals surface area contributed by atoms with Gasteiger partial charge in [0.2, 0.25) is 0 Å². The molecule has 0 spiro atoms. The van der Waals surface area contributed by atoms with Crippen LogP contribution in [0.2, 0.25) is 5.02 Å². The number of rotatable bonds is 2. The molecule has 2 heterocycles. The summed E-state index contributed by atoms with van der Waals surface area (Å²) in [6.45, 7) is 2.87. The van der Waals surface area contributed by atoms with E-state index in [-0.39, 0.29) is 11.4 Å². The summed E-state index contributed by atoms with van der Waals surface area (Å²) in [5.41, 5.74) is 3.95. The number of aryl methyl sites for hydroxylation is 1. The van der Waals surface area contributed by atoms with Crippen molar-refractivity contribution in [2.24, 2.45) is 0 Å². The monoisotopic (exact) mass is 375 g/mol. The van der Waals surface area contributed by atoms with Crippen LogP contribution < -0.4 is 0 Å². The summed E-state index contributed by atoms with van der Waals surface area (Å²) in [7, 11) is 0. The molecular formula is C22H15ClFN3. The van der Waals surface area contributed by atoms with Gasteiger partial charge in [0.15, 0.2) is 0 Å². The smallest absolute Gasteiger partial charge is 0.138 e. The molecule has 0 fully saturated rings. The molecule has 132 valence electrons. The van der Waals surface area contributed by atoms with Gasteiger partial charge >= 0.3 is 0 Å². The third-order valence-corrected chi connectivity index (χ3v) is 4.48. The molecule has 3 nitrogen and oxygen atoms in total. The van der Waals surface area contributed by atoms with Crippen LogP contribution >= 0.6 is 11.6 Å². The Hall–Kier alpha value is -3.16. The van der Waals surface area contributed by atoms with Gasteiger partial charge in [-0.25, -0.2) is 4.39 Å².